The Bertz CT molecular complexity index is 547. The van der Waals surface area contributed by atoms with Crippen LogP contribution in [-0.2, 0) is 9.59 Å². The summed E-state index contributed by atoms with van der Waals surface area (Å²) in [5.74, 6) is -1.70. The van der Waals surface area contributed by atoms with Crippen LogP contribution in [0.5, 0.6) is 0 Å². The first-order chi connectivity index (χ1) is 11.3. The van der Waals surface area contributed by atoms with Gasteiger partial charge in [0.25, 0.3) is 11.8 Å². The molecule has 1 unspecified atom stereocenters. The topological polar surface area (TPSA) is 37.4 Å². The van der Waals surface area contributed by atoms with Crippen molar-refractivity contribution in [1.29, 1.82) is 0 Å². The number of carbonyl (C=O) groups is 2. The van der Waals surface area contributed by atoms with Crippen LogP contribution in [0.25, 0.3) is 0 Å². The first kappa shape index (κ1) is 20.2. The average Bonchev–Trinajstić information content (AvgIpc) is 2.74. The molecule has 1 heterocycles. The van der Waals surface area contributed by atoms with Crippen LogP contribution in [0.4, 0.5) is 13.2 Å². The Balaban J connectivity index is 3.08. The van der Waals surface area contributed by atoms with Crippen molar-refractivity contribution in [1.82, 2.24) is 4.90 Å². The molecule has 0 saturated heterocycles. The predicted molar refractivity (Wildman–Crippen MR) is 87.1 cm³/mol. The van der Waals surface area contributed by atoms with Crippen molar-refractivity contribution in [2.24, 2.45) is 0 Å². The van der Waals surface area contributed by atoms with E-state index in [0.717, 1.165) is 12.8 Å². The fourth-order valence-corrected chi connectivity index (χ4v) is 2.78. The Morgan fingerprint density at radius 1 is 1.12 bits per heavy atom. The maximum absolute atomic E-state index is 13.4. The second-order valence-electron chi connectivity index (χ2n) is 5.73. The van der Waals surface area contributed by atoms with Crippen LogP contribution in [0.2, 0.25) is 0 Å². The van der Waals surface area contributed by atoms with Crippen LogP contribution in [0.3, 0.4) is 0 Å². The van der Waals surface area contributed by atoms with Crippen molar-refractivity contribution in [2.45, 2.75) is 64.6 Å². The molecule has 0 fully saturated rings. The van der Waals surface area contributed by atoms with Gasteiger partial charge in [-0.15, -0.1) is 0 Å². The highest BCUT2D eigenvalue weighted by Crippen LogP contribution is 2.35. The molecular weight excluding hydrogens is 319 g/mol. The van der Waals surface area contributed by atoms with Gasteiger partial charge < -0.3 is 0 Å². The molecule has 0 radical (unpaired) electrons. The molecule has 0 bridgehead atoms. The second-order valence-corrected chi connectivity index (χ2v) is 5.73. The van der Waals surface area contributed by atoms with Gasteiger partial charge in [-0.1, -0.05) is 58.3 Å². The number of hydrogen-bond donors (Lipinski definition) is 0. The average molecular weight is 343 g/mol. The fourth-order valence-electron chi connectivity index (χ4n) is 2.78. The van der Waals surface area contributed by atoms with Gasteiger partial charge in [0.05, 0.1) is 0 Å². The number of allylic oxidation sites excluding steroid dienone is 2. The SMILES string of the molecule is C=C/C=C\C1=C(CC)C(=O)N(C(CCCCCC)C(F)(F)F)C1=O. The smallest absolute Gasteiger partial charge is 0.269 e. The van der Waals surface area contributed by atoms with E-state index in [0.29, 0.717) is 17.7 Å². The summed E-state index contributed by atoms with van der Waals surface area (Å²) in [5, 5.41) is 0. The molecule has 0 aromatic heterocycles. The molecule has 134 valence electrons. The highest BCUT2D eigenvalue weighted by atomic mass is 19.4. The maximum atomic E-state index is 13.4. The van der Waals surface area contributed by atoms with Crippen LogP contribution in [0.15, 0.2) is 36.0 Å². The van der Waals surface area contributed by atoms with Crippen molar-refractivity contribution in [3.8, 4) is 0 Å². The lowest BCUT2D eigenvalue weighted by atomic mass is 10.1. The molecule has 1 atom stereocenters. The monoisotopic (exact) mass is 343 g/mol. The lowest BCUT2D eigenvalue weighted by Crippen LogP contribution is -2.49. The predicted octanol–water partition coefficient (Wildman–Crippen LogP) is 4.71. The highest BCUT2D eigenvalue weighted by molar-refractivity contribution is 6.20. The molecule has 0 saturated carbocycles. The zero-order valence-corrected chi connectivity index (χ0v) is 14.2. The number of nitrogens with zero attached hydrogens (tertiary/aromatic N) is 1. The minimum Gasteiger partial charge on any atom is -0.269 e. The van der Waals surface area contributed by atoms with E-state index in [1.165, 1.54) is 18.2 Å². The van der Waals surface area contributed by atoms with Gasteiger partial charge in [-0.25, -0.2) is 0 Å². The fraction of sp³-hybridized carbons (Fsp3) is 0.556. The van der Waals surface area contributed by atoms with Gasteiger partial charge in [-0.2, -0.15) is 13.2 Å². The van der Waals surface area contributed by atoms with Crippen molar-refractivity contribution in [3.63, 3.8) is 0 Å². The Labute approximate surface area is 140 Å². The molecule has 1 rings (SSSR count). The normalized spacial score (nSPS) is 17.3. The summed E-state index contributed by atoms with van der Waals surface area (Å²) in [4.78, 5) is 25.2. The molecule has 0 aromatic rings. The third-order valence-corrected chi connectivity index (χ3v) is 4.02. The minimum atomic E-state index is -4.63. The van der Waals surface area contributed by atoms with Crippen molar-refractivity contribution >= 4 is 11.8 Å². The maximum Gasteiger partial charge on any atom is 0.409 e. The first-order valence-corrected chi connectivity index (χ1v) is 8.26. The number of amides is 2. The van der Waals surface area contributed by atoms with E-state index >= 15 is 0 Å². The van der Waals surface area contributed by atoms with E-state index in [4.69, 9.17) is 0 Å². The van der Waals surface area contributed by atoms with Crippen molar-refractivity contribution in [3.05, 3.63) is 36.0 Å². The summed E-state index contributed by atoms with van der Waals surface area (Å²) in [6, 6.07) is -2.06. The van der Waals surface area contributed by atoms with Gasteiger partial charge in [0.15, 0.2) is 0 Å². The zero-order valence-electron chi connectivity index (χ0n) is 14.2. The van der Waals surface area contributed by atoms with E-state index in [-0.39, 0.29) is 24.0 Å². The van der Waals surface area contributed by atoms with Gasteiger partial charge in [0, 0.05) is 11.1 Å². The van der Waals surface area contributed by atoms with E-state index in [1.54, 1.807) is 6.92 Å². The Morgan fingerprint density at radius 2 is 1.79 bits per heavy atom. The molecule has 2 amide bonds. The lowest BCUT2D eigenvalue weighted by Gasteiger charge is -2.28. The molecule has 6 heteroatoms. The minimum absolute atomic E-state index is 0.0326. The quantitative estimate of drug-likeness (QED) is 0.345. The summed E-state index contributed by atoms with van der Waals surface area (Å²) in [6.45, 7) is 7.08. The largest absolute Gasteiger partial charge is 0.409 e. The number of imide groups is 1. The van der Waals surface area contributed by atoms with Crippen LogP contribution >= 0.6 is 0 Å². The Hall–Kier alpha value is -1.85. The molecule has 24 heavy (non-hydrogen) atoms. The van der Waals surface area contributed by atoms with Crippen molar-refractivity contribution < 1.29 is 22.8 Å². The van der Waals surface area contributed by atoms with Crippen LogP contribution < -0.4 is 0 Å². The van der Waals surface area contributed by atoms with Gasteiger partial charge in [0.2, 0.25) is 0 Å². The Morgan fingerprint density at radius 3 is 2.29 bits per heavy atom. The number of hydrogen-bond acceptors (Lipinski definition) is 2. The van der Waals surface area contributed by atoms with Gasteiger partial charge in [-0.05, 0) is 18.9 Å². The molecule has 0 aromatic carbocycles. The van der Waals surface area contributed by atoms with Crippen LogP contribution in [-0.4, -0.2) is 28.9 Å². The third kappa shape index (κ3) is 4.58. The number of rotatable bonds is 9. The molecule has 1 aliphatic rings. The first-order valence-electron chi connectivity index (χ1n) is 8.26. The number of carbonyl (C=O) groups excluding carboxylic acids is 2. The number of alkyl halides is 3. The molecule has 0 spiro atoms. The molecule has 1 aliphatic heterocycles. The zero-order chi connectivity index (χ0) is 18.3. The van der Waals surface area contributed by atoms with Gasteiger partial charge >= 0.3 is 6.18 Å². The highest BCUT2D eigenvalue weighted by Gasteiger charge is 2.51. The lowest BCUT2D eigenvalue weighted by molar-refractivity contribution is -0.191. The summed E-state index contributed by atoms with van der Waals surface area (Å²) in [5.41, 5.74) is 0.158. The third-order valence-electron chi connectivity index (χ3n) is 4.02. The van der Waals surface area contributed by atoms with E-state index in [9.17, 15) is 22.8 Å². The van der Waals surface area contributed by atoms with Crippen molar-refractivity contribution in [2.75, 3.05) is 0 Å². The summed E-state index contributed by atoms with van der Waals surface area (Å²) in [6.07, 6.45) is 2.25. The van der Waals surface area contributed by atoms with E-state index < -0.39 is 24.0 Å². The summed E-state index contributed by atoms with van der Waals surface area (Å²) >= 11 is 0. The molecule has 0 aliphatic carbocycles. The molecular formula is C18H24F3NO2. The second kappa shape index (κ2) is 8.85. The summed E-state index contributed by atoms with van der Waals surface area (Å²) < 4.78 is 40.3. The van der Waals surface area contributed by atoms with E-state index in [2.05, 4.69) is 6.58 Å². The van der Waals surface area contributed by atoms with Gasteiger partial charge in [-0.3, -0.25) is 14.5 Å². The number of halogens is 3. The van der Waals surface area contributed by atoms with Crippen LogP contribution in [0.1, 0.15) is 52.4 Å². The Kier molecular flexibility index (Phi) is 7.45. The standard InChI is InChI=1S/C18H24F3NO2/c1-4-7-9-10-12-15(18(19,20)21)22-16(23)13(6-3)14(17(22)24)11-8-5-2/h5,8,11,15H,2,4,6-7,9-10,12H2,1,3H3/b11-8-. The van der Waals surface area contributed by atoms with Gasteiger partial charge in [0.1, 0.15) is 6.04 Å². The van der Waals surface area contributed by atoms with E-state index in [1.807, 2.05) is 6.92 Å². The van der Waals surface area contributed by atoms with Crippen LogP contribution in [0, 0.1) is 0 Å². The molecule has 0 N–H and O–H groups in total. The summed E-state index contributed by atoms with van der Waals surface area (Å²) in [7, 11) is 0. The number of unbranched alkanes of at least 4 members (excludes halogenated alkanes) is 3. The molecule has 3 nitrogen and oxygen atoms in total.